The van der Waals surface area contributed by atoms with Crippen molar-refractivity contribution < 1.29 is 22.7 Å². The summed E-state index contributed by atoms with van der Waals surface area (Å²) in [7, 11) is -3.88. The fourth-order valence-electron chi connectivity index (χ4n) is 3.40. The minimum absolute atomic E-state index is 0.00315. The molecule has 2 amide bonds. The minimum atomic E-state index is -3.88. The maximum Gasteiger partial charge on any atom is 0.265 e. The molecule has 160 valence electrons. The Kier molecular flexibility index (Phi) is 5.75. The smallest absolute Gasteiger partial charge is 0.265 e. The van der Waals surface area contributed by atoms with Gasteiger partial charge in [-0.3, -0.25) is 9.59 Å². The van der Waals surface area contributed by atoms with Gasteiger partial charge in [0, 0.05) is 37.1 Å². The number of nitrogens with one attached hydrogen (secondary N) is 1. The Morgan fingerprint density at radius 3 is 2.70 bits per heavy atom. The zero-order valence-corrected chi connectivity index (χ0v) is 18.5. The lowest BCUT2D eigenvalue weighted by atomic mass is 10.2. The average molecular weight is 470 g/mol. The standard InChI is InChI=1S/C19H20ClN3O5S2/c1-12-19(25)21-15-10-14(20)17(11-16(15)28-12)30(26,27)23-6-4-22(5-7-23)18(24)9-13-3-2-8-29-13/h2-3,8,10-12H,4-7,9H2,1H3,(H,21,25). The van der Waals surface area contributed by atoms with Gasteiger partial charge in [0.25, 0.3) is 5.91 Å². The van der Waals surface area contributed by atoms with Gasteiger partial charge in [-0.25, -0.2) is 8.42 Å². The van der Waals surface area contributed by atoms with Gasteiger partial charge in [0.15, 0.2) is 6.10 Å². The van der Waals surface area contributed by atoms with E-state index in [0.717, 1.165) is 4.88 Å². The van der Waals surface area contributed by atoms with Crippen LogP contribution in [0.4, 0.5) is 5.69 Å². The van der Waals surface area contributed by atoms with Gasteiger partial charge in [0.2, 0.25) is 15.9 Å². The quantitative estimate of drug-likeness (QED) is 0.740. The Bertz CT molecular complexity index is 1080. The van der Waals surface area contributed by atoms with E-state index >= 15 is 0 Å². The Morgan fingerprint density at radius 1 is 1.30 bits per heavy atom. The molecule has 1 saturated heterocycles. The number of fused-ring (bicyclic) bond motifs is 1. The molecule has 2 aromatic rings. The van der Waals surface area contributed by atoms with Gasteiger partial charge >= 0.3 is 0 Å². The third-order valence-corrected chi connectivity index (χ3v) is 8.32. The lowest BCUT2D eigenvalue weighted by Crippen LogP contribution is -2.50. The Hall–Kier alpha value is -2.14. The summed E-state index contributed by atoms with van der Waals surface area (Å²) in [5, 5.41) is 4.57. The predicted octanol–water partition coefficient (Wildman–Crippen LogP) is 2.20. The van der Waals surface area contributed by atoms with Gasteiger partial charge in [-0.1, -0.05) is 17.7 Å². The van der Waals surface area contributed by atoms with Crippen molar-refractivity contribution in [2.24, 2.45) is 0 Å². The van der Waals surface area contributed by atoms with Crippen molar-refractivity contribution in [3.8, 4) is 5.75 Å². The molecule has 0 saturated carbocycles. The molecule has 1 fully saturated rings. The maximum absolute atomic E-state index is 13.2. The molecule has 1 aromatic heterocycles. The number of carbonyl (C=O) groups is 2. The van der Waals surface area contributed by atoms with E-state index in [1.54, 1.807) is 11.8 Å². The van der Waals surface area contributed by atoms with Gasteiger partial charge < -0.3 is 15.0 Å². The number of hydrogen-bond acceptors (Lipinski definition) is 6. The summed E-state index contributed by atoms with van der Waals surface area (Å²) >= 11 is 7.76. The van der Waals surface area contributed by atoms with Gasteiger partial charge in [0.05, 0.1) is 17.1 Å². The summed E-state index contributed by atoms with van der Waals surface area (Å²) in [6, 6.07) is 6.54. The van der Waals surface area contributed by atoms with E-state index in [1.165, 1.54) is 27.8 Å². The number of rotatable bonds is 4. The molecule has 1 aromatic carbocycles. The molecule has 0 bridgehead atoms. The number of carbonyl (C=O) groups excluding carboxylic acids is 2. The molecule has 2 aliphatic rings. The number of piperazine rings is 1. The number of halogens is 1. The second-order valence-corrected chi connectivity index (χ2v) is 10.4. The van der Waals surface area contributed by atoms with Gasteiger partial charge in [-0.15, -0.1) is 11.3 Å². The SMILES string of the molecule is CC1Oc2cc(S(=O)(=O)N3CCN(C(=O)Cc4cccs4)CC3)c(Cl)cc2NC1=O. The van der Waals surface area contributed by atoms with Crippen LogP contribution in [0.15, 0.2) is 34.5 Å². The van der Waals surface area contributed by atoms with Crippen molar-refractivity contribution >= 4 is 50.5 Å². The fraction of sp³-hybridized carbons (Fsp3) is 0.368. The van der Waals surface area contributed by atoms with Gasteiger partial charge in [-0.05, 0) is 24.4 Å². The van der Waals surface area contributed by atoms with Crippen LogP contribution in [0.5, 0.6) is 5.75 Å². The number of sulfonamides is 1. The number of amides is 2. The highest BCUT2D eigenvalue weighted by Gasteiger charge is 2.34. The molecule has 11 heteroatoms. The van der Waals surface area contributed by atoms with E-state index < -0.39 is 16.1 Å². The summed E-state index contributed by atoms with van der Waals surface area (Å²) in [6.07, 6.45) is -0.408. The molecule has 4 rings (SSSR count). The summed E-state index contributed by atoms with van der Waals surface area (Å²) in [5.74, 6) is -0.0770. The van der Waals surface area contributed by atoms with Gasteiger partial charge in [-0.2, -0.15) is 4.31 Å². The monoisotopic (exact) mass is 469 g/mol. The Balaban J connectivity index is 1.48. The first-order chi connectivity index (χ1) is 14.3. The van der Waals surface area contributed by atoms with Crippen LogP contribution in [-0.4, -0.2) is 61.7 Å². The van der Waals surface area contributed by atoms with Crippen LogP contribution in [0.3, 0.4) is 0 Å². The van der Waals surface area contributed by atoms with Crippen LogP contribution < -0.4 is 10.1 Å². The minimum Gasteiger partial charge on any atom is -0.479 e. The summed E-state index contributed by atoms with van der Waals surface area (Å²) < 4.78 is 33.2. The van der Waals surface area contributed by atoms with Gasteiger partial charge in [0.1, 0.15) is 10.6 Å². The molecular formula is C19H20ClN3O5S2. The third kappa shape index (κ3) is 4.04. The number of ether oxygens (including phenoxy) is 1. The topological polar surface area (TPSA) is 96.0 Å². The number of nitrogens with zero attached hydrogens (tertiary/aromatic N) is 2. The number of anilines is 1. The number of benzene rings is 1. The third-order valence-electron chi connectivity index (χ3n) is 5.08. The first-order valence-corrected chi connectivity index (χ1v) is 12.1. The zero-order chi connectivity index (χ0) is 21.5. The average Bonchev–Trinajstić information content (AvgIpc) is 3.22. The largest absolute Gasteiger partial charge is 0.479 e. The second-order valence-electron chi connectivity index (χ2n) is 7.07. The van der Waals surface area contributed by atoms with E-state index in [4.69, 9.17) is 16.3 Å². The summed E-state index contributed by atoms with van der Waals surface area (Å²) in [6.45, 7) is 2.57. The molecule has 3 heterocycles. The molecule has 30 heavy (non-hydrogen) atoms. The zero-order valence-electron chi connectivity index (χ0n) is 16.1. The first kappa shape index (κ1) is 21.1. The van der Waals surface area contributed by atoms with E-state index in [2.05, 4.69) is 5.32 Å². The molecule has 0 aliphatic carbocycles. The second kappa shape index (κ2) is 8.18. The molecular weight excluding hydrogens is 450 g/mol. The Morgan fingerprint density at radius 2 is 2.03 bits per heavy atom. The lowest BCUT2D eigenvalue weighted by molar-refractivity contribution is -0.131. The lowest BCUT2D eigenvalue weighted by Gasteiger charge is -2.34. The fourth-order valence-corrected chi connectivity index (χ4v) is 6.03. The van der Waals surface area contributed by atoms with Crippen molar-refractivity contribution in [1.82, 2.24) is 9.21 Å². The predicted molar refractivity (Wildman–Crippen MR) is 114 cm³/mol. The highest BCUT2D eigenvalue weighted by atomic mass is 35.5. The molecule has 1 atom stereocenters. The summed E-state index contributed by atoms with van der Waals surface area (Å²) in [4.78, 5) is 26.8. The molecule has 0 radical (unpaired) electrons. The van der Waals surface area contributed by atoms with E-state index in [1.807, 2.05) is 17.5 Å². The first-order valence-electron chi connectivity index (χ1n) is 9.37. The van der Waals surface area contributed by atoms with Crippen LogP contribution in [0.25, 0.3) is 0 Å². The van der Waals surface area contributed by atoms with Crippen LogP contribution in [0.2, 0.25) is 5.02 Å². The molecule has 8 nitrogen and oxygen atoms in total. The highest BCUT2D eigenvalue weighted by Crippen LogP contribution is 2.38. The van der Waals surface area contributed by atoms with E-state index in [0.29, 0.717) is 25.2 Å². The van der Waals surface area contributed by atoms with Crippen LogP contribution in [-0.2, 0) is 26.0 Å². The van der Waals surface area contributed by atoms with Crippen molar-refractivity contribution in [2.45, 2.75) is 24.3 Å². The van der Waals surface area contributed by atoms with E-state index in [-0.39, 0.29) is 40.6 Å². The normalized spacial score (nSPS) is 19.7. The number of hydrogen-bond donors (Lipinski definition) is 1. The summed E-state index contributed by atoms with van der Waals surface area (Å²) in [5.41, 5.74) is 0.339. The Labute approximate surface area is 183 Å². The maximum atomic E-state index is 13.2. The van der Waals surface area contributed by atoms with Crippen molar-refractivity contribution in [3.05, 3.63) is 39.5 Å². The highest BCUT2D eigenvalue weighted by molar-refractivity contribution is 7.89. The van der Waals surface area contributed by atoms with Crippen LogP contribution in [0.1, 0.15) is 11.8 Å². The molecule has 0 spiro atoms. The van der Waals surface area contributed by atoms with Crippen LogP contribution >= 0.6 is 22.9 Å². The van der Waals surface area contributed by atoms with Crippen molar-refractivity contribution in [3.63, 3.8) is 0 Å². The molecule has 1 N–H and O–H groups in total. The van der Waals surface area contributed by atoms with Crippen molar-refractivity contribution in [1.29, 1.82) is 0 Å². The van der Waals surface area contributed by atoms with E-state index in [9.17, 15) is 18.0 Å². The molecule has 2 aliphatic heterocycles. The van der Waals surface area contributed by atoms with Crippen LogP contribution in [0, 0.1) is 0 Å². The van der Waals surface area contributed by atoms with Crippen molar-refractivity contribution in [2.75, 3.05) is 31.5 Å². The molecule has 1 unspecified atom stereocenters. The number of thiophene rings is 1.